The zero-order chi connectivity index (χ0) is 18.2. The molecular formula is C18H24N4O3. The minimum atomic E-state index is -1.11. The van der Waals surface area contributed by atoms with E-state index in [4.69, 9.17) is 5.73 Å². The van der Waals surface area contributed by atoms with Crippen LogP contribution in [0.1, 0.15) is 42.6 Å². The Labute approximate surface area is 146 Å². The second kappa shape index (κ2) is 6.48. The number of benzene rings is 1. The van der Waals surface area contributed by atoms with Gasteiger partial charge in [-0.1, -0.05) is 19.1 Å². The summed E-state index contributed by atoms with van der Waals surface area (Å²) in [5.41, 5.74) is 5.95. The molecule has 4 amide bonds. The summed E-state index contributed by atoms with van der Waals surface area (Å²) in [5.74, 6) is -0.0541. The Bertz CT molecular complexity index is 703. The molecule has 2 heterocycles. The molecule has 0 bridgehead atoms. The van der Waals surface area contributed by atoms with Crippen molar-refractivity contribution in [1.82, 2.24) is 15.5 Å². The summed E-state index contributed by atoms with van der Waals surface area (Å²) in [6, 6.07) is 6.37. The van der Waals surface area contributed by atoms with Crippen molar-refractivity contribution in [2.24, 2.45) is 11.7 Å². The molecule has 2 fully saturated rings. The third kappa shape index (κ3) is 3.00. The number of urea groups is 1. The van der Waals surface area contributed by atoms with Crippen molar-refractivity contribution in [3.8, 4) is 0 Å². The lowest BCUT2D eigenvalue weighted by atomic mass is 9.89. The fraction of sp³-hybridized carbons (Fsp3) is 0.500. The van der Waals surface area contributed by atoms with Crippen LogP contribution in [0.5, 0.6) is 0 Å². The molecule has 0 saturated carbocycles. The monoisotopic (exact) mass is 344 g/mol. The van der Waals surface area contributed by atoms with Gasteiger partial charge in [0.15, 0.2) is 0 Å². The first-order chi connectivity index (χ1) is 11.9. The molecule has 2 aliphatic rings. The van der Waals surface area contributed by atoms with Crippen LogP contribution >= 0.6 is 0 Å². The summed E-state index contributed by atoms with van der Waals surface area (Å²) >= 11 is 0. The quantitative estimate of drug-likeness (QED) is 0.710. The van der Waals surface area contributed by atoms with Crippen molar-refractivity contribution in [1.29, 1.82) is 0 Å². The molecule has 1 aromatic rings. The predicted octanol–water partition coefficient (Wildman–Crippen LogP) is 0.941. The van der Waals surface area contributed by atoms with E-state index in [0.29, 0.717) is 30.1 Å². The third-order valence-electron chi connectivity index (χ3n) is 5.37. The maximum atomic E-state index is 12.9. The molecule has 7 heteroatoms. The molecule has 25 heavy (non-hydrogen) atoms. The van der Waals surface area contributed by atoms with Crippen LogP contribution in [-0.2, 0) is 10.3 Å². The third-order valence-corrected chi connectivity index (χ3v) is 5.37. The van der Waals surface area contributed by atoms with E-state index in [1.54, 1.807) is 31.2 Å². The van der Waals surface area contributed by atoms with E-state index < -0.39 is 17.5 Å². The number of nitrogens with one attached hydrogen (secondary N) is 2. The van der Waals surface area contributed by atoms with Crippen molar-refractivity contribution >= 4 is 17.8 Å². The summed E-state index contributed by atoms with van der Waals surface area (Å²) < 4.78 is 0. The van der Waals surface area contributed by atoms with Crippen molar-refractivity contribution < 1.29 is 14.4 Å². The normalized spacial score (nSPS) is 29.3. The van der Waals surface area contributed by atoms with Gasteiger partial charge in [0.05, 0.1) is 0 Å². The Morgan fingerprint density at radius 3 is 2.56 bits per heavy atom. The summed E-state index contributed by atoms with van der Waals surface area (Å²) in [6.45, 7) is 4.93. The lowest BCUT2D eigenvalue weighted by Gasteiger charge is -2.39. The standard InChI is InChI=1S/C18H24N4O3/c1-11-4-3-9-22(14(11)10-19)15(23)12-5-7-13(8-6-12)18(2)16(24)20-17(25)21-18/h5-8,11,14H,3-4,9-10,19H2,1-2H3,(H2,20,21,24,25)/t11-,14+,18-/m1/s1. The topological polar surface area (TPSA) is 105 Å². The molecule has 2 saturated heterocycles. The number of amides is 4. The number of piperidine rings is 1. The van der Waals surface area contributed by atoms with E-state index in [-0.39, 0.29) is 11.9 Å². The van der Waals surface area contributed by atoms with E-state index in [0.717, 1.165) is 12.8 Å². The fourth-order valence-corrected chi connectivity index (χ4v) is 3.72. The summed E-state index contributed by atoms with van der Waals surface area (Å²) in [7, 11) is 0. The van der Waals surface area contributed by atoms with E-state index in [2.05, 4.69) is 17.6 Å². The van der Waals surface area contributed by atoms with Crippen LogP contribution in [0, 0.1) is 5.92 Å². The van der Waals surface area contributed by atoms with Crippen LogP contribution in [0.3, 0.4) is 0 Å². The molecule has 2 aliphatic heterocycles. The number of carbonyl (C=O) groups excluding carboxylic acids is 3. The number of carbonyl (C=O) groups is 3. The highest BCUT2D eigenvalue weighted by Gasteiger charge is 2.43. The molecule has 0 unspecified atom stereocenters. The van der Waals surface area contributed by atoms with E-state index >= 15 is 0 Å². The second-order valence-electron chi connectivity index (χ2n) is 7.03. The van der Waals surface area contributed by atoms with Crippen LogP contribution in [0.4, 0.5) is 4.79 Å². The Balaban J connectivity index is 1.81. The molecule has 3 atom stereocenters. The summed E-state index contributed by atoms with van der Waals surface area (Å²) in [4.78, 5) is 38.1. The Hall–Kier alpha value is -2.41. The zero-order valence-electron chi connectivity index (χ0n) is 14.5. The molecule has 0 spiro atoms. The fourth-order valence-electron chi connectivity index (χ4n) is 3.72. The summed E-state index contributed by atoms with van der Waals surface area (Å²) in [6.07, 6.45) is 2.06. The van der Waals surface area contributed by atoms with Crippen LogP contribution < -0.4 is 16.4 Å². The van der Waals surface area contributed by atoms with Crippen molar-refractivity contribution in [2.45, 2.75) is 38.3 Å². The van der Waals surface area contributed by atoms with Crippen LogP contribution in [0.15, 0.2) is 24.3 Å². The minimum absolute atomic E-state index is 0.0430. The lowest BCUT2D eigenvalue weighted by molar-refractivity contribution is -0.123. The van der Waals surface area contributed by atoms with E-state index in [1.807, 2.05) is 4.90 Å². The molecule has 3 rings (SSSR count). The van der Waals surface area contributed by atoms with Crippen LogP contribution in [0.25, 0.3) is 0 Å². The number of nitrogens with zero attached hydrogens (tertiary/aromatic N) is 1. The number of hydrogen-bond acceptors (Lipinski definition) is 4. The Morgan fingerprint density at radius 1 is 1.32 bits per heavy atom. The predicted molar refractivity (Wildman–Crippen MR) is 92.7 cm³/mol. The van der Waals surface area contributed by atoms with Gasteiger partial charge in [0.1, 0.15) is 5.54 Å². The van der Waals surface area contributed by atoms with Gasteiger partial charge < -0.3 is 16.0 Å². The van der Waals surface area contributed by atoms with E-state index in [1.165, 1.54) is 0 Å². The van der Waals surface area contributed by atoms with Gasteiger partial charge in [-0.3, -0.25) is 14.9 Å². The highest BCUT2D eigenvalue weighted by molar-refractivity contribution is 6.07. The zero-order valence-corrected chi connectivity index (χ0v) is 14.5. The number of rotatable bonds is 3. The molecule has 4 N–H and O–H groups in total. The molecule has 1 aromatic carbocycles. The summed E-state index contributed by atoms with van der Waals surface area (Å²) in [5, 5.41) is 4.85. The van der Waals surface area contributed by atoms with Gasteiger partial charge >= 0.3 is 6.03 Å². The van der Waals surface area contributed by atoms with Crippen molar-refractivity contribution in [3.05, 3.63) is 35.4 Å². The van der Waals surface area contributed by atoms with Gasteiger partial charge in [-0.25, -0.2) is 4.79 Å². The lowest BCUT2D eigenvalue weighted by Crippen LogP contribution is -2.51. The maximum Gasteiger partial charge on any atom is 0.322 e. The highest BCUT2D eigenvalue weighted by Crippen LogP contribution is 2.27. The molecule has 7 nitrogen and oxygen atoms in total. The van der Waals surface area contributed by atoms with Gasteiger partial charge in [0.25, 0.3) is 11.8 Å². The molecule has 134 valence electrons. The van der Waals surface area contributed by atoms with Crippen molar-refractivity contribution in [3.63, 3.8) is 0 Å². The average molecular weight is 344 g/mol. The average Bonchev–Trinajstić information content (AvgIpc) is 2.87. The number of hydrogen-bond donors (Lipinski definition) is 3. The first-order valence-corrected chi connectivity index (χ1v) is 8.62. The van der Waals surface area contributed by atoms with E-state index in [9.17, 15) is 14.4 Å². The first kappa shape index (κ1) is 17.4. The van der Waals surface area contributed by atoms with Gasteiger partial charge in [0, 0.05) is 24.7 Å². The molecule has 0 radical (unpaired) electrons. The number of nitrogens with two attached hydrogens (primary N) is 1. The van der Waals surface area contributed by atoms with Gasteiger partial charge in [0.2, 0.25) is 0 Å². The van der Waals surface area contributed by atoms with Crippen LogP contribution in [-0.4, -0.2) is 41.9 Å². The molecular weight excluding hydrogens is 320 g/mol. The Kier molecular flexibility index (Phi) is 4.51. The number of imide groups is 1. The number of likely N-dealkylation sites (tertiary alicyclic amines) is 1. The van der Waals surface area contributed by atoms with Gasteiger partial charge in [-0.15, -0.1) is 0 Å². The largest absolute Gasteiger partial charge is 0.334 e. The smallest absolute Gasteiger partial charge is 0.322 e. The SMILES string of the molecule is C[C@@H]1CCCN(C(=O)c2ccc([C@@]3(C)NC(=O)NC3=O)cc2)[C@H]1CN. The molecule has 0 aliphatic carbocycles. The highest BCUT2D eigenvalue weighted by atomic mass is 16.2. The minimum Gasteiger partial charge on any atom is -0.334 e. The molecule has 0 aromatic heterocycles. The van der Waals surface area contributed by atoms with Gasteiger partial charge in [-0.05, 0) is 43.4 Å². The van der Waals surface area contributed by atoms with Crippen molar-refractivity contribution in [2.75, 3.05) is 13.1 Å². The second-order valence-corrected chi connectivity index (χ2v) is 7.03. The first-order valence-electron chi connectivity index (χ1n) is 8.62. The Morgan fingerprint density at radius 2 is 2.00 bits per heavy atom. The van der Waals surface area contributed by atoms with Gasteiger partial charge in [-0.2, -0.15) is 0 Å². The maximum absolute atomic E-state index is 12.9. The van der Waals surface area contributed by atoms with Crippen LogP contribution in [0.2, 0.25) is 0 Å².